The smallest absolute Gasteiger partial charge is 0.366 e. The summed E-state index contributed by atoms with van der Waals surface area (Å²) in [5, 5.41) is 5.45. The molecule has 1 aromatic heterocycles. The van der Waals surface area contributed by atoms with E-state index in [1.807, 2.05) is 6.92 Å². The largest absolute Gasteiger partial charge is 0.417 e. The molecule has 3 aromatic rings. The van der Waals surface area contributed by atoms with Crippen molar-refractivity contribution in [3.63, 3.8) is 0 Å². The molecule has 2 aromatic carbocycles. The minimum atomic E-state index is -4.67. The Balaban J connectivity index is 1.36. The lowest BCUT2D eigenvalue weighted by atomic mass is 10.1. The third-order valence-electron chi connectivity index (χ3n) is 7.88. The van der Waals surface area contributed by atoms with Crippen LogP contribution >= 0.6 is 0 Å². The molecule has 234 valence electrons. The first-order valence-electron chi connectivity index (χ1n) is 14.4. The number of amides is 2. The van der Waals surface area contributed by atoms with Gasteiger partial charge in [-0.2, -0.15) is 13.2 Å². The number of carbonyl (C=O) groups excluding carboxylic acids is 1. The van der Waals surface area contributed by atoms with Crippen molar-refractivity contribution in [1.82, 2.24) is 14.6 Å². The van der Waals surface area contributed by atoms with Crippen molar-refractivity contribution in [2.75, 3.05) is 30.4 Å². The molecule has 1 fully saturated rings. The van der Waals surface area contributed by atoms with Crippen molar-refractivity contribution >= 4 is 38.3 Å². The van der Waals surface area contributed by atoms with Gasteiger partial charge in [0.1, 0.15) is 0 Å². The van der Waals surface area contributed by atoms with E-state index in [4.69, 9.17) is 0 Å². The van der Waals surface area contributed by atoms with Crippen LogP contribution in [0.1, 0.15) is 57.9 Å². The molecular weight excluding hydrogens is 583 g/mol. The highest BCUT2D eigenvalue weighted by Crippen LogP contribution is 2.37. The molecule has 1 saturated heterocycles. The van der Waals surface area contributed by atoms with Gasteiger partial charge in [-0.3, -0.25) is 4.79 Å². The Hall–Kier alpha value is -3.58. The topological polar surface area (TPSA) is 115 Å². The summed E-state index contributed by atoms with van der Waals surface area (Å²) in [6.07, 6.45) is 0.276. The molecule has 0 saturated carbocycles. The van der Waals surface area contributed by atoms with Gasteiger partial charge in [0.2, 0.25) is 15.6 Å². The summed E-state index contributed by atoms with van der Waals surface area (Å²) in [6.45, 7) is 4.82. The maximum Gasteiger partial charge on any atom is 0.417 e. The second-order valence-electron chi connectivity index (χ2n) is 11.0. The lowest BCUT2D eigenvalue weighted by molar-refractivity contribution is -0.136. The van der Waals surface area contributed by atoms with E-state index in [1.165, 1.54) is 40.7 Å². The third-order valence-corrected chi connectivity index (χ3v) is 9.75. The molecular formula is C30H38F3N5O4S. The number of halogens is 3. The predicted molar refractivity (Wildman–Crippen MR) is 162 cm³/mol. The number of H-pyrrole nitrogens is 1. The van der Waals surface area contributed by atoms with Crippen LogP contribution in [0.2, 0.25) is 0 Å². The van der Waals surface area contributed by atoms with Crippen LogP contribution in [0.3, 0.4) is 0 Å². The van der Waals surface area contributed by atoms with Gasteiger partial charge in [-0.25, -0.2) is 17.5 Å². The second-order valence-corrected chi connectivity index (χ2v) is 13.0. The van der Waals surface area contributed by atoms with Gasteiger partial charge < -0.3 is 20.5 Å². The molecule has 43 heavy (non-hydrogen) atoms. The van der Waals surface area contributed by atoms with E-state index < -0.39 is 33.4 Å². The number of hydrogen-bond acceptors (Lipinski definition) is 5. The fraction of sp³-hybridized carbons (Fsp3) is 0.467. The lowest BCUT2D eigenvalue weighted by Gasteiger charge is -2.31. The molecule has 9 nitrogen and oxygen atoms in total. The Morgan fingerprint density at radius 3 is 2.49 bits per heavy atom. The van der Waals surface area contributed by atoms with Crippen molar-refractivity contribution in [2.24, 2.45) is 0 Å². The van der Waals surface area contributed by atoms with Gasteiger partial charge in [0.15, 0.2) is 0 Å². The Bertz CT molecular complexity index is 1590. The number of rotatable bonds is 11. The van der Waals surface area contributed by atoms with E-state index in [9.17, 15) is 31.2 Å². The Labute approximate surface area is 249 Å². The van der Waals surface area contributed by atoms with Gasteiger partial charge in [0.25, 0.3) is 0 Å². The summed E-state index contributed by atoms with van der Waals surface area (Å²) in [4.78, 5) is 29.0. The van der Waals surface area contributed by atoms with Gasteiger partial charge in [-0.05, 0) is 75.1 Å². The Kier molecular flexibility index (Phi) is 10.1. The van der Waals surface area contributed by atoms with Crippen molar-refractivity contribution in [1.29, 1.82) is 0 Å². The van der Waals surface area contributed by atoms with Gasteiger partial charge >= 0.3 is 12.2 Å². The number of fused-ring (bicyclic) bond motifs is 1. The molecule has 2 amide bonds. The molecule has 2 atom stereocenters. The van der Waals surface area contributed by atoms with Crippen LogP contribution in [0.25, 0.3) is 10.9 Å². The van der Waals surface area contributed by atoms with Crippen LogP contribution in [0.15, 0.2) is 58.2 Å². The highest BCUT2D eigenvalue weighted by atomic mass is 32.2. The number of pyridine rings is 1. The third kappa shape index (κ3) is 7.69. The average molecular weight is 622 g/mol. The number of urea groups is 1. The number of alkyl halides is 3. The van der Waals surface area contributed by atoms with Crippen LogP contribution in [0.5, 0.6) is 0 Å². The predicted octanol–water partition coefficient (Wildman–Crippen LogP) is 5.93. The first kappa shape index (κ1) is 32.3. The first-order chi connectivity index (χ1) is 20.3. The number of aromatic amines is 1. The molecule has 1 aliphatic heterocycles. The number of aromatic nitrogens is 1. The van der Waals surface area contributed by atoms with Crippen LogP contribution in [-0.4, -0.2) is 56.0 Å². The zero-order chi connectivity index (χ0) is 31.4. The van der Waals surface area contributed by atoms with Crippen molar-refractivity contribution in [3.8, 4) is 0 Å². The number of anilines is 2. The van der Waals surface area contributed by atoms with Crippen molar-refractivity contribution < 1.29 is 26.4 Å². The summed E-state index contributed by atoms with van der Waals surface area (Å²) in [7, 11) is -2.06. The molecule has 13 heteroatoms. The second kappa shape index (κ2) is 13.4. The van der Waals surface area contributed by atoms with E-state index in [0.717, 1.165) is 32.1 Å². The van der Waals surface area contributed by atoms with Crippen LogP contribution in [0, 0.1) is 0 Å². The van der Waals surface area contributed by atoms with E-state index in [2.05, 4.69) is 27.4 Å². The summed E-state index contributed by atoms with van der Waals surface area (Å²) < 4.78 is 67.9. The summed E-state index contributed by atoms with van der Waals surface area (Å²) in [5.41, 5.74) is -0.600. The quantitative estimate of drug-likeness (QED) is 0.230. The fourth-order valence-corrected chi connectivity index (χ4v) is 6.79. The van der Waals surface area contributed by atoms with Crippen LogP contribution < -0.4 is 21.1 Å². The molecule has 0 radical (unpaired) electrons. The van der Waals surface area contributed by atoms with Gasteiger partial charge in [-0.1, -0.05) is 19.8 Å². The lowest BCUT2D eigenvalue weighted by Crippen LogP contribution is -2.38. The molecule has 4 rings (SSSR count). The van der Waals surface area contributed by atoms with E-state index >= 15 is 0 Å². The first-order valence-corrected chi connectivity index (χ1v) is 15.9. The number of benzene rings is 2. The molecule has 0 aliphatic carbocycles. The number of sulfonamides is 1. The number of nitrogens with zero attached hydrogens (tertiary/aromatic N) is 2. The minimum Gasteiger partial charge on any atom is -0.366 e. The highest BCUT2D eigenvalue weighted by molar-refractivity contribution is 7.89. The zero-order valence-corrected chi connectivity index (χ0v) is 25.3. The number of carbonyl (C=O) groups is 1. The number of nitrogens with one attached hydrogen (secondary N) is 3. The van der Waals surface area contributed by atoms with Crippen LogP contribution in [-0.2, 0) is 16.2 Å². The monoisotopic (exact) mass is 621 g/mol. The van der Waals surface area contributed by atoms with Gasteiger partial charge in [0, 0.05) is 60.6 Å². The molecule has 0 spiro atoms. The summed E-state index contributed by atoms with van der Waals surface area (Å²) >= 11 is 0. The molecule has 3 N–H and O–H groups in total. The minimum absolute atomic E-state index is 0.0105. The summed E-state index contributed by atoms with van der Waals surface area (Å²) in [6, 6.07) is 10.9. The fourth-order valence-electron chi connectivity index (χ4n) is 5.58. The maximum atomic E-state index is 13.7. The highest BCUT2D eigenvalue weighted by Gasteiger charge is 2.35. The SMILES string of the molecule is CCCCCN(C)S(=O)(=O)c1ccc(NC(=O)NCC[C@H]2CC[C@@H](C)N2c2ccc3[nH]c(=O)cc(C(F)(F)F)c3c2)cc1. The van der Waals surface area contributed by atoms with E-state index in [-0.39, 0.29) is 27.9 Å². The average Bonchev–Trinajstić information content (AvgIpc) is 3.32. The zero-order valence-electron chi connectivity index (χ0n) is 24.5. The Morgan fingerprint density at radius 1 is 1.09 bits per heavy atom. The number of unbranched alkanes of at least 4 members (excludes halogenated alkanes) is 2. The number of hydrogen-bond donors (Lipinski definition) is 3. The molecule has 2 heterocycles. The standard InChI is InChI=1S/C30H38F3N5O4S/c1-4-5-6-17-37(3)43(41,42)24-12-8-21(9-13-24)35-29(40)34-16-15-22-10-7-20(2)38(22)23-11-14-27-25(18-23)26(30(31,32)33)19-28(39)36-27/h8-9,11-14,18-20,22H,4-7,10,15-17H2,1-3H3,(H,36,39)(H2,34,35,40)/t20-,22-/m1/s1. The Morgan fingerprint density at radius 2 is 1.81 bits per heavy atom. The van der Waals surface area contributed by atoms with Crippen molar-refractivity contribution in [2.45, 2.75) is 75.5 Å². The molecule has 0 bridgehead atoms. The van der Waals surface area contributed by atoms with Gasteiger partial charge in [-0.15, -0.1) is 0 Å². The molecule has 0 unspecified atom stereocenters. The van der Waals surface area contributed by atoms with E-state index in [1.54, 1.807) is 13.1 Å². The summed E-state index contributed by atoms with van der Waals surface area (Å²) in [5.74, 6) is 0. The van der Waals surface area contributed by atoms with Gasteiger partial charge in [0.05, 0.1) is 10.5 Å². The van der Waals surface area contributed by atoms with Crippen molar-refractivity contribution in [3.05, 3.63) is 64.4 Å². The normalized spacial score (nSPS) is 17.5. The van der Waals surface area contributed by atoms with E-state index in [0.29, 0.717) is 37.0 Å². The maximum absolute atomic E-state index is 13.7. The molecule has 1 aliphatic rings. The van der Waals surface area contributed by atoms with Crippen LogP contribution in [0.4, 0.5) is 29.3 Å².